The maximum atomic E-state index is 13.3. The van der Waals surface area contributed by atoms with E-state index in [1.165, 1.54) is 0 Å². The zero-order valence-electron chi connectivity index (χ0n) is 20.4. The van der Waals surface area contributed by atoms with Crippen molar-refractivity contribution in [1.29, 1.82) is 0 Å². The fourth-order valence-electron chi connectivity index (χ4n) is 4.46. The lowest BCUT2D eigenvalue weighted by Crippen LogP contribution is -2.26. The molecule has 4 aromatic rings. The lowest BCUT2D eigenvalue weighted by Gasteiger charge is -2.11. The van der Waals surface area contributed by atoms with Crippen LogP contribution in [-0.2, 0) is 19.5 Å². The SMILES string of the molecule is CCCCCn1c(C=O)c(CCCC)n(Cc2ccc(-c3ccccc3-n3cnnn3)cc2)c1=O. The predicted octanol–water partition coefficient (Wildman–Crippen LogP) is 4.69. The molecule has 0 saturated heterocycles. The van der Waals surface area contributed by atoms with Gasteiger partial charge in [0.1, 0.15) is 12.0 Å². The highest BCUT2D eigenvalue weighted by molar-refractivity contribution is 5.74. The van der Waals surface area contributed by atoms with Gasteiger partial charge in [-0.15, -0.1) is 5.10 Å². The predicted molar refractivity (Wildman–Crippen MR) is 136 cm³/mol. The molecule has 4 rings (SSSR count). The first kappa shape index (κ1) is 24.3. The van der Waals surface area contributed by atoms with Gasteiger partial charge in [0.05, 0.1) is 17.9 Å². The van der Waals surface area contributed by atoms with Crippen LogP contribution in [0, 0.1) is 0 Å². The van der Waals surface area contributed by atoms with Gasteiger partial charge in [-0.1, -0.05) is 75.6 Å². The Morgan fingerprint density at radius 3 is 2.37 bits per heavy atom. The molecule has 0 spiro atoms. The summed E-state index contributed by atoms with van der Waals surface area (Å²) in [6.45, 7) is 5.27. The summed E-state index contributed by atoms with van der Waals surface area (Å²) in [7, 11) is 0. The number of carbonyl (C=O) groups excluding carboxylic acids is 1. The number of aldehydes is 1. The smallest absolute Gasteiger partial charge is 0.296 e. The van der Waals surface area contributed by atoms with Crippen LogP contribution in [0.4, 0.5) is 0 Å². The van der Waals surface area contributed by atoms with Crippen molar-refractivity contribution >= 4 is 6.29 Å². The van der Waals surface area contributed by atoms with Crippen LogP contribution in [-0.4, -0.2) is 35.6 Å². The first-order chi connectivity index (χ1) is 17.2. The van der Waals surface area contributed by atoms with Crippen molar-refractivity contribution in [3.63, 3.8) is 0 Å². The van der Waals surface area contributed by atoms with Crippen molar-refractivity contribution in [3.05, 3.63) is 82.3 Å². The number of aromatic nitrogens is 6. The Kier molecular flexibility index (Phi) is 8.03. The van der Waals surface area contributed by atoms with Gasteiger partial charge in [-0.3, -0.25) is 13.9 Å². The molecular weight excluding hydrogens is 440 g/mol. The average Bonchev–Trinajstić information content (AvgIpc) is 3.51. The van der Waals surface area contributed by atoms with Crippen molar-refractivity contribution in [2.45, 2.75) is 65.5 Å². The number of hydrogen-bond donors (Lipinski definition) is 0. The van der Waals surface area contributed by atoms with Gasteiger partial charge in [-0.05, 0) is 46.9 Å². The van der Waals surface area contributed by atoms with E-state index in [9.17, 15) is 9.59 Å². The molecule has 35 heavy (non-hydrogen) atoms. The van der Waals surface area contributed by atoms with Crippen LogP contribution in [0.3, 0.4) is 0 Å². The van der Waals surface area contributed by atoms with E-state index in [-0.39, 0.29) is 5.69 Å². The molecule has 8 heteroatoms. The van der Waals surface area contributed by atoms with E-state index >= 15 is 0 Å². The van der Waals surface area contributed by atoms with Gasteiger partial charge in [0, 0.05) is 12.1 Å². The number of unbranched alkanes of at least 4 members (excludes halogenated alkanes) is 3. The zero-order chi connectivity index (χ0) is 24.6. The van der Waals surface area contributed by atoms with Crippen molar-refractivity contribution in [2.24, 2.45) is 0 Å². The molecule has 0 unspecified atom stereocenters. The summed E-state index contributed by atoms with van der Waals surface area (Å²) >= 11 is 0. The second-order valence-corrected chi connectivity index (χ2v) is 8.75. The highest BCUT2D eigenvalue weighted by Crippen LogP contribution is 2.26. The van der Waals surface area contributed by atoms with Crippen LogP contribution in [0.2, 0.25) is 0 Å². The Morgan fingerprint density at radius 2 is 1.69 bits per heavy atom. The molecule has 2 heterocycles. The van der Waals surface area contributed by atoms with E-state index in [1.54, 1.807) is 20.1 Å². The van der Waals surface area contributed by atoms with Crippen LogP contribution < -0.4 is 5.69 Å². The first-order valence-electron chi connectivity index (χ1n) is 12.4. The summed E-state index contributed by atoms with van der Waals surface area (Å²) in [5.74, 6) is 0. The average molecular weight is 473 g/mol. The molecule has 0 N–H and O–H groups in total. The number of carbonyl (C=O) groups is 1. The Bertz CT molecular complexity index is 1300. The van der Waals surface area contributed by atoms with E-state index in [4.69, 9.17) is 0 Å². The van der Waals surface area contributed by atoms with E-state index in [1.807, 2.05) is 48.5 Å². The lowest BCUT2D eigenvalue weighted by molar-refractivity contribution is 0.111. The van der Waals surface area contributed by atoms with Crippen molar-refractivity contribution in [1.82, 2.24) is 29.3 Å². The highest BCUT2D eigenvalue weighted by atomic mass is 16.2. The molecule has 0 bridgehead atoms. The molecule has 2 aromatic carbocycles. The Morgan fingerprint density at radius 1 is 0.914 bits per heavy atom. The van der Waals surface area contributed by atoms with Gasteiger partial charge in [0.15, 0.2) is 6.29 Å². The van der Waals surface area contributed by atoms with Gasteiger partial charge < -0.3 is 0 Å². The van der Waals surface area contributed by atoms with Crippen LogP contribution in [0.5, 0.6) is 0 Å². The van der Waals surface area contributed by atoms with E-state index in [2.05, 4.69) is 29.4 Å². The second kappa shape index (κ2) is 11.6. The monoisotopic (exact) mass is 472 g/mol. The second-order valence-electron chi connectivity index (χ2n) is 8.75. The molecule has 2 aromatic heterocycles. The van der Waals surface area contributed by atoms with Crippen molar-refractivity contribution in [3.8, 4) is 16.8 Å². The minimum absolute atomic E-state index is 0.0950. The molecule has 0 aliphatic rings. The Labute approximate surface area is 205 Å². The summed E-state index contributed by atoms with van der Waals surface area (Å²) in [4.78, 5) is 25.3. The highest BCUT2D eigenvalue weighted by Gasteiger charge is 2.19. The summed E-state index contributed by atoms with van der Waals surface area (Å²) in [6, 6.07) is 16.1. The van der Waals surface area contributed by atoms with E-state index < -0.39 is 0 Å². The number of para-hydroxylation sites is 1. The molecule has 0 aliphatic carbocycles. The Hall–Kier alpha value is -3.81. The fourth-order valence-corrected chi connectivity index (χ4v) is 4.46. The molecule has 0 radical (unpaired) electrons. The third-order valence-electron chi connectivity index (χ3n) is 6.34. The molecule has 0 aliphatic heterocycles. The molecule has 0 saturated carbocycles. The van der Waals surface area contributed by atoms with Crippen LogP contribution in [0.1, 0.15) is 67.7 Å². The van der Waals surface area contributed by atoms with E-state index in [0.29, 0.717) is 18.8 Å². The number of rotatable bonds is 12. The third-order valence-corrected chi connectivity index (χ3v) is 6.34. The fraction of sp³-hybridized carbons (Fsp3) is 0.370. The molecule has 182 valence electrons. The summed E-state index contributed by atoms with van der Waals surface area (Å²) in [5.41, 5.74) is 5.23. The number of nitrogens with zero attached hydrogens (tertiary/aromatic N) is 6. The van der Waals surface area contributed by atoms with Crippen LogP contribution >= 0.6 is 0 Å². The molecule has 0 amide bonds. The Balaban J connectivity index is 1.65. The topological polar surface area (TPSA) is 87.6 Å². The standard InChI is InChI=1S/C27H32N6O2/c1-3-5-9-17-31-26(19-34)25(11-6-4-2)32(27(31)35)18-21-13-15-22(16-14-21)23-10-7-8-12-24(23)33-20-28-29-30-33/h7-8,10,12-16,19-20H,3-6,9,11,17-18H2,1-2H3. The van der Waals surface area contributed by atoms with Gasteiger partial charge in [0.2, 0.25) is 0 Å². The summed E-state index contributed by atoms with van der Waals surface area (Å²) < 4.78 is 5.10. The number of tetrazole rings is 1. The summed E-state index contributed by atoms with van der Waals surface area (Å²) in [5, 5.41) is 11.5. The van der Waals surface area contributed by atoms with Crippen molar-refractivity contribution in [2.75, 3.05) is 0 Å². The van der Waals surface area contributed by atoms with Gasteiger partial charge in [-0.2, -0.15) is 4.68 Å². The number of hydrogen-bond acceptors (Lipinski definition) is 5. The van der Waals surface area contributed by atoms with Gasteiger partial charge >= 0.3 is 5.69 Å². The van der Waals surface area contributed by atoms with Gasteiger partial charge in [0.25, 0.3) is 0 Å². The maximum absolute atomic E-state index is 13.3. The van der Waals surface area contributed by atoms with Gasteiger partial charge in [-0.25, -0.2) is 4.79 Å². The largest absolute Gasteiger partial charge is 0.329 e. The zero-order valence-corrected chi connectivity index (χ0v) is 20.4. The lowest BCUT2D eigenvalue weighted by atomic mass is 10.0. The van der Waals surface area contributed by atoms with Crippen molar-refractivity contribution < 1.29 is 4.79 Å². The van der Waals surface area contributed by atoms with Crippen LogP contribution in [0.15, 0.2) is 59.7 Å². The normalized spacial score (nSPS) is 11.1. The summed E-state index contributed by atoms with van der Waals surface area (Å²) in [6.07, 6.45) is 8.09. The molecular formula is C27H32N6O2. The number of benzene rings is 2. The third kappa shape index (κ3) is 5.31. The van der Waals surface area contributed by atoms with Crippen LogP contribution in [0.25, 0.3) is 16.8 Å². The minimum Gasteiger partial charge on any atom is -0.296 e. The quantitative estimate of drug-likeness (QED) is 0.221. The molecule has 0 atom stereocenters. The number of imidazole rings is 1. The maximum Gasteiger partial charge on any atom is 0.329 e. The first-order valence-corrected chi connectivity index (χ1v) is 12.4. The van der Waals surface area contributed by atoms with E-state index in [0.717, 1.165) is 72.9 Å². The minimum atomic E-state index is -0.0950. The molecule has 8 nitrogen and oxygen atoms in total. The molecule has 0 fully saturated rings.